The molecule has 1 aromatic carbocycles. The topological polar surface area (TPSA) is 65.0 Å². The molecule has 2 aliphatic heterocycles. The molecule has 0 bridgehead atoms. The molecule has 0 atom stereocenters. The third kappa shape index (κ3) is 8.05. The molecular weight excluding hydrogens is 499 g/mol. The van der Waals surface area contributed by atoms with Crippen LogP contribution in [-0.2, 0) is 16.3 Å². The zero-order chi connectivity index (χ0) is 19.8. The maximum Gasteiger partial charge on any atom is 0.193 e. The van der Waals surface area contributed by atoms with Crippen molar-refractivity contribution in [3.05, 3.63) is 35.9 Å². The van der Waals surface area contributed by atoms with Gasteiger partial charge in [-0.05, 0) is 37.7 Å². The van der Waals surface area contributed by atoms with Crippen LogP contribution in [0.15, 0.2) is 35.3 Å². The summed E-state index contributed by atoms with van der Waals surface area (Å²) in [5, 5.41) is 3.43. The fraction of sp³-hybridized carbons (Fsp3) is 0.667. The van der Waals surface area contributed by atoms with Crippen molar-refractivity contribution < 1.29 is 8.42 Å². The van der Waals surface area contributed by atoms with Crippen molar-refractivity contribution in [2.45, 2.75) is 26.2 Å². The Bertz CT molecular complexity index is 720. The van der Waals surface area contributed by atoms with Crippen molar-refractivity contribution in [1.29, 1.82) is 0 Å². The Labute approximate surface area is 193 Å². The van der Waals surface area contributed by atoms with Crippen LogP contribution in [0.3, 0.4) is 0 Å². The van der Waals surface area contributed by atoms with Crippen LogP contribution < -0.4 is 5.32 Å². The molecule has 2 fully saturated rings. The van der Waals surface area contributed by atoms with Crippen LogP contribution in [0.2, 0.25) is 0 Å². The molecule has 0 spiro atoms. The Morgan fingerprint density at radius 1 is 1.10 bits per heavy atom. The number of nitrogens with zero attached hydrogens (tertiary/aromatic N) is 3. The quantitative estimate of drug-likeness (QED) is 0.345. The molecule has 0 amide bonds. The van der Waals surface area contributed by atoms with Crippen LogP contribution >= 0.6 is 24.0 Å². The molecule has 2 saturated heterocycles. The number of halogens is 1. The monoisotopic (exact) mass is 534 g/mol. The Morgan fingerprint density at radius 2 is 1.76 bits per heavy atom. The van der Waals surface area contributed by atoms with Crippen LogP contribution in [0.5, 0.6) is 0 Å². The van der Waals surface area contributed by atoms with Gasteiger partial charge in [-0.1, -0.05) is 30.3 Å². The van der Waals surface area contributed by atoms with Crippen molar-refractivity contribution in [3.63, 3.8) is 0 Å². The standard InChI is InChI=1S/C21H34N4O2S.HI/c1-2-22-21(23-10-13-24-14-16-28(26,27)17-15-24)25-11-8-20(9-12-25)18-19-6-4-3-5-7-19;/h3-7,20H,2,8-18H2,1H3,(H,22,23);1H. The largest absolute Gasteiger partial charge is 0.357 e. The predicted molar refractivity (Wildman–Crippen MR) is 131 cm³/mol. The van der Waals surface area contributed by atoms with Crippen LogP contribution in [-0.4, -0.2) is 81.5 Å². The van der Waals surface area contributed by atoms with E-state index in [1.54, 1.807) is 0 Å². The first-order valence-electron chi connectivity index (χ1n) is 10.6. The van der Waals surface area contributed by atoms with Crippen molar-refractivity contribution in [1.82, 2.24) is 15.1 Å². The minimum absolute atomic E-state index is 0. The molecule has 0 saturated carbocycles. The highest BCUT2D eigenvalue weighted by atomic mass is 127. The summed E-state index contributed by atoms with van der Waals surface area (Å²) in [6, 6.07) is 10.8. The lowest BCUT2D eigenvalue weighted by molar-refractivity contribution is 0.258. The van der Waals surface area contributed by atoms with E-state index < -0.39 is 9.84 Å². The van der Waals surface area contributed by atoms with E-state index in [9.17, 15) is 8.42 Å². The summed E-state index contributed by atoms with van der Waals surface area (Å²) < 4.78 is 23.1. The van der Waals surface area contributed by atoms with Crippen molar-refractivity contribution in [2.24, 2.45) is 10.9 Å². The van der Waals surface area contributed by atoms with Crippen molar-refractivity contribution in [3.8, 4) is 0 Å². The van der Waals surface area contributed by atoms with Gasteiger partial charge in [0, 0.05) is 39.3 Å². The van der Waals surface area contributed by atoms with E-state index >= 15 is 0 Å². The first-order valence-corrected chi connectivity index (χ1v) is 12.4. The smallest absolute Gasteiger partial charge is 0.193 e. The van der Waals surface area contributed by atoms with Gasteiger partial charge in [0.25, 0.3) is 0 Å². The zero-order valence-corrected chi connectivity index (χ0v) is 20.6. The summed E-state index contributed by atoms with van der Waals surface area (Å²) in [7, 11) is -2.81. The van der Waals surface area contributed by atoms with E-state index in [-0.39, 0.29) is 35.5 Å². The normalized spacial score (nSPS) is 20.9. The average Bonchev–Trinajstić information content (AvgIpc) is 2.70. The number of rotatable bonds is 6. The second-order valence-electron chi connectivity index (χ2n) is 7.85. The Hall–Kier alpha value is -0.870. The molecule has 0 aromatic heterocycles. The number of sulfone groups is 1. The first kappa shape index (κ1) is 24.4. The third-order valence-electron chi connectivity index (χ3n) is 5.73. The summed E-state index contributed by atoms with van der Waals surface area (Å²) in [6.07, 6.45) is 3.56. The molecule has 0 radical (unpaired) electrons. The molecule has 1 N–H and O–H groups in total. The molecule has 3 rings (SSSR count). The number of hydrogen-bond acceptors (Lipinski definition) is 4. The average molecular weight is 535 g/mol. The lowest BCUT2D eigenvalue weighted by atomic mass is 9.90. The number of likely N-dealkylation sites (tertiary alicyclic amines) is 1. The Balaban J connectivity index is 0.00000300. The fourth-order valence-electron chi connectivity index (χ4n) is 3.99. The number of guanidine groups is 1. The van der Waals surface area contributed by atoms with Crippen LogP contribution in [0.1, 0.15) is 25.3 Å². The summed E-state index contributed by atoms with van der Waals surface area (Å²) >= 11 is 0. The summed E-state index contributed by atoms with van der Waals surface area (Å²) in [5.41, 5.74) is 1.44. The van der Waals surface area contributed by atoms with Gasteiger partial charge < -0.3 is 10.2 Å². The van der Waals surface area contributed by atoms with Crippen LogP contribution in [0, 0.1) is 5.92 Å². The van der Waals surface area contributed by atoms with E-state index in [1.165, 1.54) is 24.8 Å². The van der Waals surface area contributed by atoms with Crippen LogP contribution in [0.4, 0.5) is 0 Å². The predicted octanol–water partition coefficient (Wildman–Crippen LogP) is 2.26. The van der Waals surface area contributed by atoms with E-state index in [4.69, 9.17) is 4.99 Å². The Morgan fingerprint density at radius 3 is 2.38 bits per heavy atom. The minimum atomic E-state index is -2.81. The highest BCUT2D eigenvalue weighted by Crippen LogP contribution is 2.21. The molecule has 0 unspecified atom stereocenters. The van der Waals surface area contributed by atoms with Gasteiger partial charge in [0.1, 0.15) is 0 Å². The molecular formula is C21H35IN4O2S. The second-order valence-corrected chi connectivity index (χ2v) is 10.2. The zero-order valence-electron chi connectivity index (χ0n) is 17.4. The van der Waals surface area contributed by atoms with E-state index in [2.05, 4.69) is 52.4 Å². The minimum Gasteiger partial charge on any atom is -0.357 e. The number of aliphatic imine (C=N–C) groups is 1. The first-order chi connectivity index (χ1) is 13.6. The van der Waals surface area contributed by atoms with Crippen molar-refractivity contribution >= 4 is 39.8 Å². The SMILES string of the molecule is CCNC(=NCCN1CCS(=O)(=O)CC1)N1CCC(Cc2ccccc2)CC1.I. The lowest BCUT2D eigenvalue weighted by Gasteiger charge is -2.34. The third-order valence-corrected chi connectivity index (χ3v) is 7.34. The summed E-state index contributed by atoms with van der Waals surface area (Å²) in [6.45, 7) is 7.88. The van der Waals surface area contributed by atoms with E-state index in [0.29, 0.717) is 19.6 Å². The molecule has 8 heteroatoms. The second kappa shape index (κ2) is 12.1. The molecule has 1 aromatic rings. The highest BCUT2D eigenvalue weighted by molar-refractivity contribution is 14.0. The molecule has 29 heavy (non-hydrogen) atoms. The van der Waals surface area contributed by atoms with Crippen LogP contribution in [0.25, 0.3) is 0 Å². The number of piperidine rings is 1. The number of benzene rings is 1. The molecule has 0 aliphatic carbocycles. The lowest BCUT2D eigenvalue weighted by Crippen LogP contribution is -2.46. The van der Waals surface area contributed by atoms with E-state index in [0.717, 1.165) is 38.1 Å². The highest BCUT2D eigenvalue weighted by Gasteiger charge is 2.23. The van der Waals surface area contributed by atoms with Gasteiger partial charge in [-0.25, -0.2) is 8.42 Å². The van der Waals surface area contributed by atoms with Crippen molar-refractivity contribution in [2.75, 3.05) is 57.3 Å². The number of hydrogen-bond donors (Lipinski definition) is 1. The van der Waals surface area contributed by atoms with Gasteiger partial charge in [0.15, 0.2) is 15.8 Å². The molecule has 164 valence electrons. The van der Waals surface area contributed by atoms with Gasteiger partial charge in [-0.15, -0.1) is 24.0 Å². The van der Waals surface area contributed by atoms with Gasteiger partial charge in [0.2, 0.25) is 0 Å². The molecule has 2 heterocycles. The molecule has 2 aliphatic rings. The van der Waals surface area contributed by atoms with Gasteiger partial charge in [-0.3, -0.25) is 9.89 Å². The molecule has 6 nitrogen and oxygen atoms in total. The maximum absolute atomic E-state index is 11.5. The van der Waals surface area contributed by atoms with Gasteiger partial charge in [0.05, 0.1) is 18.1 Å². The fourth-order valence-corrected chi connectivity index (χ4v) is 5.27. The number of nitrogens with one attached hydrogen (secondary N) is 1. The van der Waals surface area contributed by atoms with Gasteiger partial charge >= 0.3 is 0 Å². The Kier molecular flexibility index (Phi) is 10.2. The van der Waals surface area contributed by atoms with Gasteiger partial charge in [-0.2, -0.15) is 0 Å². The summed E-state index contributed by atoms with van der Waals surface area (Å²) in [4.78, 5) is 9.41. The van der Waals surface area contributed by atoms with E-state index in [1.807, 2.05) is 0 Å². The summed E-state index contributed by atoms with van der Waals surface area (Å²) in [5.74, 6) is 2.32. The maximum atomic E-state index is 11.5.